The Labute approximate surface area is 127 Å². The van der Waals surface area contributed by atoms with Crippen LogP contribution in [-0.2, 0) is 9.53 Å². The van der Waals surface area contributed by atoms with Gasteiger partial charge in [-0.15, -0.1) is 0 Å². The molecule has 0 saturated heterocycles. The zero-order valence-electron chi connectivity index (χ0n) is 13.0. The highest BCUT2D eigenvalue weighted by Gasteiger charge is 2.36. The van der Waals surface area contributed by atoms with Gasteiger partial charge in [-0.25, -0.2) is 0 Å². The molecular weight excluding hydrogens is 264 g/mol. The number of para-hydroxylation sites is 1. The van der Waals surface area contributed by atoms with Gasteiger partial charge in [0.2, 0.25) is 0 Å². The van der Waals surface area contributed by atoms with E-state index in [4.69, 9.17) is 10.5 Å². The van der Waals surface area contributed by atoms with Crippen LogP contribution in [0, 0.1) is 5.92 Å². The van der Waals surface area contributed by atoms with Gasteiger partial charge in [0.05, 0.1) is 5.60 Å². The molecule has 0 spiro atoms. The molecule has 1 aliphatic rings. The Kier molecular flexibility index (Phi) is 5.37. The van der Waals surface area contributed by atoms with E-state index in [2.05, 4.69) is 12.2 Å². The molecule has 21 heavy (non-hydrogen) atoms. The van der Waals surface area contributed by atoms with Gasteiger partial charge in [0.1, 0.15) is 6.10 Å². The van der Waals surface area contributed by atoms with E-state index in [1.54, 1.807) is 6.92 Å². The zero-order chi connectivity index (χ0) is 15.3. The Morgan fingerprint density at radius 2 is 2.00 bits per heavy atom. The minimum absolute atomic E-state index is 0.118. The summed E-state index contributed by atoms with van der Waals surface area (Å²) in [6.45, 7) is 4.53. The molecule has 0 heterocycles. The summed E-state index contributed by atoms with van der Waals surface area (Å²) in [6.07, 6.45) is 3.61. The van der Waals surface area contributed by atoms with Crippen molar-refractivity contribution in [3.8, 4) is 0 Å². The molecule has 4 heteroatoms. The average Bonchev–Trinajstić information content (AvgIpc) is 2.51. The summed E-state index contributed by atoms with van der Waals surface area (Å²) in [7, 11) is 0. The SMILES string of the molecule is CC1CCC(CN)(OC(C)C(=O)Nc2ccccc2)CC1. The van der Waals surface area contributed by atoms with Crippen LogP contribution >= 0.6 is 0 Å². The molecule has 116 valence electrons. The zero-order valence-corrected chi connectivity index (χ0v) is 13.0. The lowest BCUT2D eigenvalue weighted by Crippen LogP contribution is -2.48. The summed E-state index contributed by atoms with van der Waals surface area (Å²) in [5, 5.41) is 2.88. The van der Waals surface area contributed by atoms with Gasteiger partial charge in [-0.3, -0.25) is 4.79 Å². The van der Waals surface area contributed by atoms with Crippen LogP contribution in [0.2, 0.25) is 0 Å². The molecule has 1 atom stereocenters. The molecule has 0 aliphatic heterocycles. The van der Waals surface area contributed by atoms with E-state index >= 15 is 0 Å². The van der Waals surface area contributed by atoms with Crippen LogP contribution in [0.5, 0.6) is 0 Å². The quantitative estimate of drug-likeness (QED) is 0.876. The first kappa shape index (κ1) is 16.0. The summed E-state index contributed by atoms with van der Waals surface area (Å²) in [5.74, 6) is 0.606. The maximum absolute atomic E-state index is 12.2. The van der Waals surface area contributed by atoms with Crippen molar-refractivity contribution in [2.24, 2.45) is 11.7 Å². The smallest absolute Gasteiger partial charge is 0.253 e. The Hall–Kier alpha value is -1.39. The van der Waals surface area contributed by atoms with Gasteiger partial charge in [-0.05, 0) is 50.7 Å². The Morgan fingerprint density at radius 1 is 1.38 bits per heavy atom. The second-order valence-corrected chi connectivity index (χ2v) is 6.19. The molecule has 1 amide bonds. The normalized spacial score (nSPS) is 27.1. The lowest BCUT2D eigenvalue weighted by Gasteiger charge is -2.40. The van der Waals surface area contributed by atoms with Crippen molar-refractivity contribution in [1.82, 2.24) is 0 Å². The fourth-order valence-electron chi connectivity index (χ4n) is 2.85. The predicted octanol–water partition coefficient (Wildman–Crippen LogP) is 2.94. The third-order valence-corrected chi connectivity index (χ3v) is 4.39. The lowest BCUT2D eigenvalue weighted by molar-refractivity contribution is -0.145. The molecule has 1 aromatic carbocycles. The topological polar surface area (TPSA) is 64.3 Å². The van der Waals surface area contributed by atoms with Crippen molar-refractivity contribution in [3.63, 3.8) is 0 Å². The lowest BCUT2D eigenvalue weighted by atomic mass is 9.79. The van der Waals surface area contributed by atoms with Gasteiger partial charge in [0.25, 0.3) is 5.91 Å². The highest BCUT2D eigenvalue weighted by Crippen LogP contribution is 2.35. The van der Waals surface area contributed by atoms with Crippen molar-refractivity contribution in [2.45, 2.75) is 51.2 Å². The van der Waals surface area contributed by atoms with Crippen molar-refractivity contribution in [3.05, 3.63) is 30.3 Å². The first-order valence-corrected chi connectivity index (χ1v) is 7.78. The molecule has 1 unspecified atom stereocenters. The van der Waals surface area contributed by atoms with E-state index in [1.807, 2.05) is 30.3 Å². The number of benzene rings is 1. The highest BCUT2D eigenvalue weighted by atomic mass is 16.5. The Balaban J connectivity index is 1.93. The van der Waals surface area contributed by atoms with Crippen molar-refractivity contribution >= 4 is 11.6 Å². The molecular formula is C17H26N2O2. The number of amides is 1. The molecule has 1 fully saturated rings. The fraction of sp³-hybridized carbons (Fsp3) is 0.588. The molecule has 0 bridgehead atoms. The largest absolute Gasteiger partial charge is 0.361 e. The number of anilines is 1. The summed E-state index contributed by atoms with van der Waals surface area (Å²) >= 11 is 0. The number of ether oxygens (including phenoxy) is 1. The number of hydrogen-bond donors (Lipinski definition) is 2. The number of rotatable bonds is 5. The van der Waals surface area contributed by atoms with Gasteiger partial charge >= 0.3 is 0 Å². The van der Waals surface area contributed by atoms with Crippen LogP contribution in [0.25, 0.3) is 0 Å². The molecule has 0 radical (unpaired) electrons. The summed E-state index contributed by atoms with van der Waals surface area (Å²) in [5.41, 5.74) is 6.38. The first-order valence-electron chi connectivity index (χ1n) is 7.78. The summed E-state index contributed by atoms with van der Waals surface area (Å²) < 4.78 is 6.07. The standard InChI is InChI=1S/C17H26N2O2/c1-13-8-10-17(12-18,11-9-13)21-14(2)16(20)19-15-6-4-3-5-7-15/h3-7,13-14H,8-12,18H2,1-2H3,(H,19,20). The predicted molar refractivity (Wildman–Crippen MR) is 85.0 cm³/mol. The van der Waals surface area contributed by atoms with Gasteiger partial charge in [0, 0.05) is 12.2 Å². The second-order valence-electron chi connectivity index (χ2n) is 6.19. The summed E-state index contributed by atoms with van der Waals surface area (Å²) in [4.78, 5) is 12.2. The van der Waals surface area contributed by atoms with E-state index in [1.165, 1.54) is 0 Å². The fourth-order valence-corrected chi connectivity index (χ4v) is 2.85. The Morgan fingerprint density at radius 3 is 2.57 bits per heavy atom. The van der Waals surface area contributed by atoms with Crippen molar-refractivity contribution in [2.75, 3.05) is 11.9 Å². The molecule has 1 aromatic rings. The van der Waals surface area contributed by atoms with E-state index in [0.29, 0.717) is 6.54 Å². The van der Waals surface area contributed by atoms with E-state index in [9.17, 15) is 4.79 Å². The van der Waals surface area contributed by atoms with Gasteiger partial charge < -0.3 is 15.8 Å². The van der Waals surface area contributed by atoms with Crippen LogP contribution in [0.3, 0.4) is 0 Å². The van der Waals surface area contributed by atoms with Crippen molar-refractivity contribution < 1.29 is 9.53 Å². The number of carbonyl (C=O) groups is 1. The van der Waals surface area contributed by atoms with E-state index in [0.717, 1.165) is 37.3 Å². The van der Waals surface area contributed by atoms with E-state index < -0.39 is 6.10 Å². The number of carbonyl (C=O) groups excluding carboxylic acids is 1. The Bertz CT molecular complexity index is 453. The third-order valence-electron chi connectivity index (χ3n) is 4.39. The average molecular weight is 290 g/mol. The van der Waals surface area contributed by atoms with Crippen LogP contribution in [0.1, 0.15) is 39.5 Å². The minimum atomic E-state index is -0.498. The van der Waals surface area contributed by atoms with Gasteiger partial charge in [-0.1, -0.05) is 25.1 Å². The monoisotopic (exact) mass is 290 g/mol. The van der Waals surface area contributed by atoms with E-state index in [-0.39, 0.29) is 11.5 Å². The maximum atomic E-state index is 12.2. The molecule has 2 rings (SSSR count). The molecule has 1 saturated carbocycles. The van der Waals surface area contributed by atoms with Gasteiger partial charge in [-0.2, -0.15) is 0 Å². The molecule has 4 nitrogen and oxygen atoms in total. The third kappa shape index (κ3) is 4.29. The summed E-state index contributed by atoms with van der Waals surface area (Å²) in [6, 6.07) is 9.44. The number of hydrogen-bond acceptors (Lipinski definition) is 3. The maximum Gasteiger partial charge on any atom is 0.253 e. The van der Waals surface area contributed by atoms with Crippen LogP contribution in [0.15, 0.2) is 30.3 Å². The number of nitrogens with one attached hydrogen (secondary N) is 1. The van der Waals surface area contributed by atoms with Crippen molar-refractivity contribution in [1.29, 1.82) is 0 Å². The molecule has 0 aromatic heterocycles. The minimum Gasteiger partial charge on any atom is -0.361 e. The van der Waals surface area contributed by atoms with Crippen LogP contribution in [0.4, 0.5) is 5.69 Å². The molecule has 1 aliphatic carbocycles. The van der Waals surface area contributed by atoms with Crippen LogP contribution < -0.4 is 11.1 Å². The molecule has 3 N–H and O–H groups in total. The first-order chi connectivity index (χ1) is 10.0. The number of nitrogens with two attached hydrogens (primary N) is 1. The second kappa shape index (κ2) is 7.05. The van der Waals surface area contributed by atoms with Gasteiger partial charge in [0.15, 0.2) is 0 Å². The van der Waals surface area contributed by atoms with Crippen LogP contribution in [-0.4, -0.2) is 24.2 Å². The highest BCUT2D eigenvalue weighted by molar-refractivity contribution is 5.93.